The van der Waals surface area contributed by atoms with Gasteiger partial charge in [0.25, 0.3) is 0 Å². The van der Waals surface area contributed by atoms with Crippen LogP contribution in [0.2, 0.25) is 0 Å². The van der Waals surface area contributed by atoms with Gasteiger partial charge in [0.15, 0.2) is 0 Å². The lowest BCUT2D eigenvalue weighted by Crippen LogP contribution is -2.40. The van der Waals surface area contributed by atoms with E-state index in [0.29, 0.717) is 54.8 Å². The fraction of sp³-hybridized carbons (Fsp3) is 0.195. The molecule has 0 saturated carbocycles. The summed E-state index contributed by atoms with van der Waals surface area (Å²) in [5.74, 6) is 3.05. The van der Waals surface area contributed by atoms with Crippen molar-refractivity contribution in [1.29, 1.82) is 0 Å². The molecular weight excluding hydrogens is 661 g/mol. The smallest absolute Gasteiger partial charge is 0.407 e. The highest BCUT2D eigenvalue weighted by Gasteiger charge is 2.29. The minimum absolute atomic E-state index is 0.225. The quantitative estimate of drug-likeness (QED) is 0.138. The molecule has 1 amide bonds. The van der Waals surface area contributed by atoms with Crippen molar-refractivity contribution in [3.8, 4) is 34.3 Å². The van der Waals surface area contributed by atoms with Gasteiger partial charge in [-0.3, -0.25) is 4.68 Å². The third-order valence-corrected chi connectivity index (χ3v) is 9.14. The number of ether oxygens (including phenoxy) is 3. The average Bonchev–Trinajstić information content (AvgIpc) is 3.59. The van der Waals surface area contributed by atoms with Crippen LogP contribution in [-0.4, -0.2) is 58.2 Å². The van der Waals surface area contributed by atoms with Gasteiger partial charge >= 0.3 is 6.09 Å². The summed E-state index contributed by atoms with van der Waals surface area (Å²) in [6, 6.07) is 29.0. The van der Waals surface area contributed by atoms with E-state index in [9.17, 15) is 14.3 Å². The molecule has 1 saturated heterocycles. The number of benzene rings is 4. The molecule has 11 heteroatoms. The molecule has 10 nitrogen and oxygen atoms in total. The minimum Gasteiger partial charge on any atom is -0.497 e. The van der Waals surface area contributed by atoms with Crippen LogP contribution in [0.3, 0.4) is 0 Å². The number of carbonyl (C=O) groups is 1. The van der Waals surface area contributed by atoms with Crippen molar-refractivity contribution in [2.75, 3.05) is 32.6 Å². The molecule has 2 aromatic heterocycles. The van der Waals surface area contributed by atoms with Crippen LogP contribution >= 0.6 is 0 Å². The molecule has 2 N–H and O–H groups in total. The van der Waals surface area contributed by atoms with Crippen LogP contribution in [0.4, 0.5) is 15.0 Å². The molecule has 0 bridgehead atoms. The first-order valence-corrected chi connectivity index (χ1v) is 17.0. The Morgan fingerprint density at radius 3 is 2.42 bits per heavy atom. The second-order valence-electron chi connectivity index (χ2n) is 12.5. The van der Waals surface area contributed by atoms with Crippen LogP contribution < -0.4 is 19.5 Å². The number of hydrogen-bond donors (Lipinski definition) is 2. The molecule has 7 rings (SSSR count). The Morgan fingerprint density at radius 2 is 1.69 bits per heavy atom. The first-order chi connectivity index (χ1) is 25.4. The Labute approximate surface area is 300 Å². The van der Waals surface area contributed by atoms with Crippen molar-refractivity contribution < 1.29 is 28.5 Å². The maximum Gasteiger partial charge on any atom is 0.407 e. The number of amides is 1. The van der Waals surface area contributed by atoms with Crippen LogP contribution in [0.25, 0.3) is 34.3 Å². The molecule has 1 aliphatic rings. The van der Waals surface area contributed by atoms with E-state index in [4.69, 9.17) is 24.3 Å². The summed E-state index contributed by atoms with van der Waals surface area (Å²) in [6.45, 7) is 1.16. The predicted octanol–water partition coefficient (Wildman–Crippen LogP) is 9.14. The summed E-state index contributed by atoms with van der Waals surface area (Å²) in [6.07, 6.45) is 6.13. The number of methoxy groups -OCH3 is 2. The van der Waals surface area contributed by atoms with Gasteiger partial charge in [0.2, 0.25) is 0 Å². The second kappa shape index (κ2) is 15.3. The second-order valence-corrected chi connectivity index (χ2v) is 12.5. The fourth-order valence-electron chi connectivity index (χ4n) is 6.49. The topological polar surface area (TPSA) is 111 Å². The van der Waals surface area contributed by atoms with Crippen LogP contribution in [0.1, 0.15) is 35.6 Å². The van der Waals surface area contributed by atoms with E-state index in [0.717, 1.165) is 45.3 Å². The molecule has 1 fully saturated rings. The summed E-state index contributed by atoms with van der Waals surface area (Å²) in [7, 11) is 3.23. The van der Waals surface area contributed by atoms with E-state index in [1.807, 2.05) is 89.6 Å². The number of piperidine rings is 1. The summed E-state index contributed by atoms with van der Waals surface area (Å²) in [5, 5.41) is 19.5. The lowest BCUT2D eigenvalue weighted by molar-refractivity contribution is 0.120. The van der Waals surface area contributed by atoms with Crippen molar-refractivity contribution in [1.82, 2.24) is 19.7 Å². The van der Waals surface area contributed by atoms with Gasteiger partial charge in [-0.15, -0.1) is 0 Å². The molecule has 52 heavy (non-hydrogen) atoms. The number of para-hydroxylation sites is 1. The van der Waals surface area contributed by atoms with E-state index in [-0.39, 0.29) is 11.9 Å². The molecule has 0 radical (unpaired) electrons. The van der Waals surface area contributed by atoms with E-state index in [2.05, 4.69) is 5.32 Å². The Kier molecular flexibility index (Phi) is 10.0. The fourth-order valence-corrected chi connectivity index (χ4v) is 6.49. The van der Waals surface area contributed by atoms with Gasteiger partial charge in [0.05, 0.1) is 31.2 Å². The third kappa shape index (κ3) is 7.39. The number of nitrogens with one attached hydrogen (secondary N) is 1. The first-order valence-electron chi connectivity index (χ1n) is 17.0. The van der Waals surface area contributed by atoms with Gasteiger partial charge in [-0.05, 0) is 79.1 Å². The molecule has 4 aromatic carbocycles. The lowest BCUT2D eigenvalue weighted by Gasteiger charge is -2.31. The summed E-state index contributed by atoms with van der Waals surface area (Å²) in [4.78, 5) is 18.5. The van der Waals surface area contributed by atoms with Gasteiger partial charge in [-0.25, -0.2) is 14.2 Å². The van der Waals surface area contributed by atoms with Gasteiger partial charge in [-0.2, -0.15) is 5.10 Å². The number of hydrogen-bond acceptors (Lipinski definition) is 7. The minimum atomic E-state index is -0.954. The Hall–Kier alpha value is -6.36. The number of rotatable bonds is 11. The number of nitrogens with zero attached hydrogens (tertiary/aromatic N) is 4. The van der Waals surface area contributed by atoms with Crippen molar-refractivity contribution in [2.24, 2.45) is 0 Å². The highest BCUT2D eigenvalue weighted by molar-refractivity contribution is 6.05. The predicted molar refractivity (Wildman–Crippen MR) is 200 cm³/mol. The summed E-state index contributed by atoms with van der Waals surface area (Å²) >= 11 is 0. The van der Waals surface area contributed by atoms with Gasteiger partial charge in [-0.1, -0.05) is 42.5 Å². The molecule has 3 heterocycles. The lowest BCUT2D eigenvalue weighted by atomic mass is 10.0. The SMILES string of the molecule is COc1ccc(CNc2ncc(C=Cc3ccc(F)cc3)c3c2c(-c2ccc(Oc4ccccc4)cc2)nn3C2CCCN(C(=O)O)C2)c(OC)c1. The molecule has 264 valence electrons. The third-order valence-electron chi connectivity index (χ3n) is 9.14. The standard InChI is InChI=1S/C41H38FN5O5/c1-50-35-21-16-29(36(23-35)51-2)24-43-40-37-38(28-14-19-34(20-15-28)52-33-8-4-3-5-9-33)45-47(32-7-6-22-46(26-32)41(48)49)39(37)30(25-44-40)13-10-27-11-17-31(42)18-12-27/h3-5,8-21,23,25,32H,6-7,22,24,26H2,1-2H3,(H,43,44)(H,48,49). The zero-order chi connectivity index (χ0) is 36.0. The number of carboxylic acid groups (broad SMARTS) is 1. The maximum absolute atomic E-state index is 13.7. The Morgan fingerprint density at radius 1 is 0.942 bits per heavy atom. The zero-order valence-corrected chi connectivity index (χ0v) is 28.8. The molecule has 0 aliphatic carbocycles. The highest BCUT2D eigenvalue weighted by Crippen LogP contribution is 2.39. The molecule has 1 atom stereocenters. The van der Waals surface area contributed by atoms with E-state index >= 15 is 0 Å². The van der Waals surface area contributed by atoms with Crippen LogP contribution in [-0.2, 0) is 6.54 Å². The van der Waals surface area contributed by atoms with Crippen LogP contribution in [0.5, 0.6) is 23.0 Å². The van der Waals surface area contributed by atoms with Crippen molar-refractivity contribution in [2.45, 2.75) is 25.4 Å². The number of halogens is 1. The van der Waals surface area contributed by atoms with Crippen molar-refractivity contribution in [3.05, 3.63) is 126 Å². The first kappa shape index (κ1) is 34.1. The average molecular weight is 700 g/mol. The zero-order valence-electron chi connectivity index (χ0n) is 28.8. The maximum atomic E-state index is 13.7. The molecule has 0 spiro atoms. The number of likely N-dealkylation sites (tertiary alicyclic amines) is 1. The number of fused-ring (bicyclic) bond motifs is 1. The molecular formula is C41H38FN5O5. The monoisotopic (exact) mass is 699 g/mol. The Balaban J connectivity index is 1.37. The highest BCUT2D eigenvalue weighted by atomic mass is 19.1. The van der Waals surface area contributed by atoms with Crippen LogP contribution in [0.15, 0.2) is 103 Å². The molecule has 6 aromatic rings. The van der Waals surface area contributed by atoms with E-state index in [1.165, 1.54) is 17.0 Å². The van der Waals surface area contributed by atoms with E-state index in [1.54, 1.807) is 32.5 Å². The summed E-state index contributed by atoms with van der Waals surface area (Å²) in [5.41, 5.74) is 4.82. The number of aromatic nitrogens is 3. The normalized spacial score (nSPS) is 14.4. The van der Waals surface area contributed by atoms with Gasteiger partial charge in [0, 0.05) is 48.6 Å². The van der Waals surface area contributed by atoms with E-state index < -0.39 is 6.09 Å². The van der Waals surface area contributed by atoms with Crippen molar-refractivity contribution >= 4 is 35.0 Å². The van der Waals surface area contributed by atoms with Crippen LogP contribution in [0, 0.1) is 5.82 Å². The largest absolute Gasteiger partial charge is 0.497 e. The van der Waals surface area contributed by atoms with Gasteiger partial charge < -0.3 is 29.5 Å². The molecule has 1 aliphatic heterocycles. The number of anilines is 1. The summed E-state index contributed by atoms with van der Waals surface area (Å²) < 4.78 is 32.8. The van der Waals surface area contributed by atoms with Crippen molar-refractivity contribution in [3.63, 3.8) is 0 Å². The molecule has 1 unspecified atom stereocenters. The number of pyridine rings is 1. The Bertz CT molecular complexity index is 2200. The van der Waals surface area contributed by atoms with Gasteiger partial charge in [0.1, 0.15) is 40.3 Å².